The first-order valence-corrected chi connectivity index (χ1v) is 6.13. The molecule has 3 heteroatoms. The Kier molecular flexibility index (Phi) is 4.27. The normalized spacial score (nSPS) is 10.7. The molecule has 0 atom stereocenters. The maximum Gasteiger partial charge on any atom is 0.0426 e. The third-order valence-electron chi connectivity index (χ3n) is 2.35. The molecule has 0 aliphatic carbocycles. The molecule has 1 nitrogen and oxygen atoms in total. The van der Waals surface area contributed by atoms with Crippen LogP contribution >= 0.6 is 27.5 Å². The van der Waals surface area contributed by atoms with Crippen LogP contribution in [0.3, 0.4) is 0 Å². The minimum atomic E-state index is 0.478. The molecule has 1 rings (SSSR count). The Labute approximate surface area is 99.2 Å². The van der Waals surface area contributed by atoms with Gasteiger partial charge in [-0.25, -0.2) is 0 Å². The van der Waals surface area contributed by atoms with Crippen molar-refractivity contribution in [3.63, 3.8) is 0 Å². The zero-order chi connectivity index (χ0) is 10.7. The molecule has 0 aliphatic rings. The largest absolute Gasteiger partial charge is 0.372 e. The van der Waals surface area contributed by atoms with Crippen molar-refractivity contribution in [2.24, 2.45) is 0 Å². The Morgan fingerprint density at radius 1 is 1.43 bits per heavy atom. The summed E-state index contributed by atoms with van der Waals surface area (Å²) in [5.41, 5.74) is 2.47. The van der Waals surface area contributed by atoms with Crippen LogP contribution in [0.25, 0.3) is 0 Å². The van der Waals surface area contributed by atoms with Gasteiger partial charge in [0.15, 0.2) is 0 Å². The zero-order valence-electron chi connectivity index (χ0n) is 8.72. The van der Waals surface area contributed by atoms with Crippen molar-refractivity contribution in [2.75, 3.05) is 11.9 Å². The minimum Gasteiger partial charge on any atom is -0.372 e. The Morgan fingerprint density at radius 3 is 2.57 bits per heavy atom. The van der Waals surface area contributed by atoms with Gasteiger partial charge in [0.2, 0.25) is 0 Å². The van der Waals surface area contributed by atoms with Crippen molar-refractivity contribution in [2.45, 2.75) is 25.2 Å². The fourth-order valence-corrected chi connectivity index (χ4v) is 1.90. The number of alkyl halides is 1. The number of benzene rings is 1. The van der Waals surface area contributed by atoms with E-state index in [2.05, 4.69) is 47.8 Å². The minimum absolute atomic E-state index is 0.478. The fraction of sp³-hybridized carbons (Fsp3) is 0.455. The fourth-order valence-electron chi connectivity index (χ4n) is 1.26. The van der Waals surface area contributed by atoms with Gasteiger partial charge in [0.25, 0.3) is 0 Å². The molecule has 0 aliphatic heterocycles. The molecule has 0 heterocycles. The van der Waals surface area contributed by atoms with Crippen molar-refractivity contribution in [1.29, 1.82) is 0 Å². The van der Waals surface area contributed by atoms with Crippen LogP contribution in [0, 0.1) is 0 Å². The summed E-state index contributed by atoms with van der Waals surface area (Å²) in [4.78, 5) is 2.22. The first-order valence-electron chi connectivity index (χ1n) is 4.63. The van der Waals surface area contributed by atoms with Crippen LogP contribution in [0.1, 0.15) is 19.4 Å². The number of anilines is 1. The van der Waals surface area contributed by atoms with E-state index in [9.17, 15) is 0 Å². The first-order chi connectivity index (χ1) is 6.56. The predicted octanol–water partition coefficient (Wildman–Crippen LogP) is 4.08. The van der Waals surface area contributed by atoms with Crippen molar-refractivity contribution < 1.29 is 0 Å². The second-order valence-electron chi connectivity index (χ2n) is 3.61. The second-order valence-corrected chi connectivity index (χ2v) is 4.61. The molecule has 0 unspecified atom stereocenters. The second kappa shape index (κ2) is 5.04. The predicted molar refractivity (Wildman–Crippen MR) is 67.6 cm³/mol. The number of hydrogen-bond donors (Lipinski definition) is 0. The van der Waals surface area contributed by atoms with Gasteiger partial charge in [-0.15, -0.1) is 0 Å². The lowest BCUT2D eigenvalue weighted by Gasteiger charge is -2.26. The molecule has 0 fully saturated rings. The van der Waals surface area contributed by atoms with E-state index in [1.165, 1.54) is 11.3 Å². The van der Waals surface area contributed by atoms with E-state index in [0.717, 1.165) is 10.4 Å². The van der Waals surface area contributed by atoms with Gasteiger partial charge in [-0.05, 0) is 31.5 Å². The quantitative estimate of drug-likeness (QED) is 0.752. The third kappa shape index (κ3) is 2.64. The van der Waals surface area contributed by atoms with E-state index in [0.29, 0.717) is 6.04 Å². The molecule has 0 aromatic heterocycles. The molecule has 0 bridgehead atoms. The summed E-state index contributed by atoms with van der Waals surface area (Å²) in [6, 6.07) is 6.48. The summed E-state index contributed by atoms with van der Waals surface area (Å²) in [7, 11) is 2.09. The van der Waals surface area contributed by atoms with Crippen LogP contribution in [0.15, 0.2) is 18.2 Å². The number of halogens is 2. The van der Waals surface area contributed by atoms with Gasteiger partial charge in [-0.3, -0.25) is 0 Å². The topological polar surface area (TPSA) is 3.24 Å². The molecule has 0 radical (unpaired) electrons. The van der Waals surface area contributed by atoms with Crippen LogP contribution in [-0.4, -0.2) is 13.1 Å². The van der Waals surface area contributed by atoms with Crippen LogP contribution < -0.4 is 4.90 Å². The monoisotopic (exact) mass is 275 g/mol. The summed E-state index contributed by atoms with van der Waals surface area (Å²) in [6.45, 7) is 4.33. The molecule has 1 aromatic rings. The molecule has 0 N–H and O–H groups in total. The molecule has 78 valence electrons. The van der Waals surface area contributed by atoms with E-state index in [1.807, 2.05) is 12.1 Å². The molecule has 0 amide bonds. The molecule has 0 saturated heterocycles. The summed E-state index contributed by atoms with van der Waals surface area (Å²) in [5.74, 6) is 0. The van der Waals surface area contributed by atoms with Crippen LogP contribution in [0.2, 0.25) is 5.02 Å². The Hall–Kier alpha value is -0.210. The highest BCUT2D eigenvalue weighted by Gasteiger charge is 2.09. The molecule has 1 aromatic carbocycles. The summed E-state index contributed by atoms with van der Waals surface area (Å²) < 4.78 is 0. The van der Waals surface area contributed by atoms with E-state index >= 15 is 0 Å². The zero-order valence-corrected chi connectivity index (χ0v) is 11.1. The van der Waals surface area contributed by atoms with Crippen molar-refractivity contribution in [3.8, 4) is 0 Å². The number of nitrogens with zero attached hydrogens (tertiary/aromatic N) is 1. The highest BCUT2D eigenvalue weighted by atomic mass is 79.9. The van der Waals surface area contributed by atoms with Crippen molar-refractivity contribution in [3.05, 3.63) is 28.8 Å². The lowest BCUT2D eigenvalue weighted by atomic mass is 10.1. The molecular formula is C11H15BrClN. The maximum atomic E-state index is 5.98. The van der Waals surface area contributed by atoms with Gasteiger partial charge in [0.05, 0.1) is 0 Å². The molecule has 14 heavy (non-hydrogen) atoms. The maximum absolute atomic E-state index is 5.98. The van der Waals surface area contributed by atoms with E-state index in [-0.39, 0.29) is 0 Å². The SMILES string of the molecule is CC(C)N(C)c1cc(Cl)ccc1CBr. The van der Waals surface area contributed by atoms with E-state index in [1.54, 1.807) is 0 Å². The van der Waals surface area contributed by atoms with Gasteiger partial charge in [0, 0.05) is 29.1 Å². The smallest absolute Gasteiger partial charge is 0.0426 e. The third-order valence-corrected chi connectivity index (χ3v) is 3.19. The molecule has 0 saturated carbocycles. The van der Waals surface area contributed by atoms with Crippen molar-refractivity contribution in [1.82, 2.24) is 0 Å². The Balaban J connectivity index is 3.10. The summed E-state index contributed by atoms with van der Waals surface area (Å²) in [6.07, 6.45) is 0. The van der Waals surface area contributed by atoms with E-state index < -0.39 is 0 Å². The average molecular weight is 277 g/mol. The summed E-state index contributed by atoms with van der Waals surface area (Å²) >= 11 is 9.46. The van der Waals surface area contributed by atoms with Crippen LogP contribution in [-0.2, 0) is 5.33 Å². The Morgan fingerprint density at radius 2 is 2.07 bits per heavy atom. The molecular weight excluding hydrogens is 261 g/mol. The standard InChI is InChI=1S/C11H15BrClN/c1-8(2)14(3)11-6-10(13)5-4-9(11)7-12/h4-6,8H,7H2,1-3H3. The highest BCUT2D eigenvalue weighted by Crippen LogP contribution is 2.26. The number of rotatable bonds is 3. The average Bonchev–Trinajstić information content (AvgIpc) is 2.16. The molecule has 0 spiro atoms. The van der Waals surface area contributed by atoms with Gasteiger partial charge in [-0.2, -0.15) is 0 Å². The van der Waals surface area contributed by atoms with Gasteiger partial charge < -0.3 is 4.90 Å². The lowest BCUT2D eigenvalue weighted by Crippen LogP contribution is -2.26. The number of hydrogen-bond acceptors (Lipinski definition) is 1. The van der Waals surface area contributed by atoms with Crippen LogP contribution in [0.5, 0.6) is 0 Å². The van der Waals surface area contributed by atoms with E-state index in [4.69, 9.17) is 11.6 Å². The first kappa shape index (κ1) is 11.9. The summed E-state index contributed by atoms with van der Waals surface area (Å²) in [5, 5.41) is 1.65. The van der Waals surface area contributed by atoms with Gasteiger partial charge in [-0.1, -0.05) is 33.6 Å². The van der Waals surface area contributed by atoms with Crippen LogP contribution in [0.4, 0.5) is 5.69 Å². The van der Waals surface area contributed by atoms with Gasteiger partial charge in [0.1, 0.15) is 0 Å². The van der Waals surface area contributed by atoms with Gasteiger partial charge >= 0.3 is 0 Å². The lowest BCUT2D eigenvalue weighted by molar-refractivity contribution is 0.752. The Bertz CT molecular complexity index is 312. The highest BCUT2D eigenvalue weighted by molar-refractivity contribution is 9.08. The van der Waals surface area contributed by atoms with Crippen molar-refractivity contribution >= 4 is 33.2 Å².